The van der Waals surface area contributed by atoms with Crippen LogP contribution in [0.5, 0.6) is 0 Å². The highest BCUT2D eigenvalue weighted by Crippen LogP contribution is 2.35. The number of aromatic amines is 1. The summed E-state index contributed by atoms with van der Waals surface area (Å²) in [6.45, 7) is 8.62. The predicted molar refractivity (Wildman–Crippen MR) is 77.2 cm³/mol. The number of likely N-dealkylation sites (tertiary alicyclic amines) is 1. The third kappa shape index (κ3) is 2.87. The molecule has 112 valence electrons. The third-order valence-electron chi connectivity index (χ3n) is 4.24. The van der Waals surface area contributed by atoms with Gasteiger partial charge in [-0.15, -0.1) is 0 Å². The third-order valence-corrected chi connectivity index (χ3v) is 4.24. The Hall–Kier alpha value is -1.36. The van der Waals surface area contributed by atoms with E-state index in [1.165, 1.54) is 0 Å². The maximum absolute atomic E-state index is 12.4. The van der Waals surface area contributed by atoms with Crippen LogP contribution in [0, 0.1) is 19.8 Å². The van der Waals surface area contributed by atoms with Gasteiger partial charge in [-0.3, -0.25) is 9.89 Å². The van der Waals surface area contributed by atoms with Crippen LogP contribution >= 0.6 is 0 Å². The number of nitrogens with zero attached hydrogens (tertiary/aromatic N) is 2. The Morgan fingerprint density at radius 2 is 2.20 bits per heavy atom. The first-order chi connectivity index (χ1) is 9.41. The number of aryl methyl sites for hydroxylation is 2. The average Bonchev–Trinajstić information content (AvgIpc) is 2.96. The lowest BCUT2D eigenvalue weighted by molar-refractivity contribution is -0.134. The van der Waals surface area contributed by atoms with Crippen molar-refractivity contribution in [2.75, 3.05) is 6.54 Å². The van der Waals surface area contributed by atoms with Crippen LogP contribution in [-0.4, -0.2) is 38.8 Å². The monoisotopic (exact) mass is 279 g/mol. The number of carbonyl (C=O) groups is 1. The van der Waals surface area contributed by atoms with Crippen molar-refractivity contribution in [3.63, 3.8) is 0 Å². The summed E-state index contributed by atoms with van der Waals surface area (Å²) in [7, 11) is 0. The summed E-state index contributed by atoms with van der Waals surface area (Å²) in [6.07, 6.45) is 1.64. The SMILES string of the molecule is Cc1n[nH]c(C)c1C1CCCN1C(=O)CC(O)C(C)C. The van der Waals surface area contributed by atoms with Crippen LogP contribution in [0.15, 0.2) is 0 Å². The lowest BCUT2D eigenvalue weighted by Gasteiger charge is -2.27. The molecule has 5 heteroatoms. The molecule has 1 aliphatic rings. The molecular weight excluding hydrogens is 254 g/mol. The zero-order chi connectivity index (χ0) is 14.9. The second-order valence-corrected chi connectivity index (χ2v) is 6.11. The first kappa shape index (κ1) is 15.0. The molecular formula is C15H25N3O2. The van der Waals surface area contributed by atoms with Crippen molar-refractivity contribution in [3.05, 3.63) is 17.0 Å². The molecule has 1 saturated heterocycles. The minimum Gasteiger partial charge on any atom is -0.392 e. The van der Waals surface area contributed by atoms with E-state index in [0.29, 0.717) is 0 Å². The standard InChI is InChI=1S/C15H25N3O2/c1-9(2)13(19)8-14(20)18-7-5-6-12(18)15-10(3)16-17-11(15)4/h9,12-13,19H,5-8H2,1-4H3,(H,16,17). The topological polar surface area (TPSA) is 69.2 Å². The summed E-state index contributed by atoms with van der Waals surface area (Å²) in [5.41, 5.74) is 3.16. The first-order valence-corrected chi connectivity index (χ1v) is 7.40. The molecule has 0 spiro atoms. The quantitative estimate of drug-likeness (QED) is 0.886. The van der Waals surface area contributed by atoms with Gasteiger partial charge < -0.3 is 10.0 Å². The second kappa shape index (κ2) is 5.95. The number of H-pyrrole nitrogens is 1. The molecule has 0 aromatic carbocycles. The second-order valence-electron chi connectivity index (χ2n) is 6.11. The highest BCUT2D eigenvalue weighted by Gasteiger charge is 2.33. The molecule has 20 heavy (non-hydrogen) atoms. The number of carbonyl (C=O) groups excluding carboxylic acids is 1. The molecule has 2 heterocycles. The zero-order valence-electron chi connectivity index (χ0n) is 12.8. The normalized spacial score (nSPS) is 20.7. The van der Waals surface area contributed by atoms with Gasteiger partial charge in [0.05, 0.1) is 24.3 Å². The van der Waals surface area contributed by atoms with Crippen LogP contribution in [0.2, 0.25) is 0 Å². The Bertz CT molecular complexity index is 462. The lowest BCUT2D eigenvalue weighted by atomic mass is 10.0. The molecule has 2 N–H and O–H groups in total. The molecule has 2 unspecified atom stereocenters. The van der Waals surface area contributed by atoms with E-state index in [9.17, 15) is 9.90 Å². The molecule has 5 nitrogen and oxygen atoms in total. The van der Waals surface area contributed by atoms with Crippen LogP contribution in [0.3, 0.4) is 0 Å². The van der Waals surface area contributed by atoms with Crippen LogP contribution in [0.25, 0.3) is 0 Å². The summed E-state index contributed by atoms with van der Waals surface area (Å²) in [6, 6.07) is 0.112. The van der Waals surface area contributed by atoms with Crippen molar-refractivity contribution in [1.82, 2.24) is 15.1 Å². The van der Waals surface area contributed by atoms with E-state index in [1.807, 2.05) is 32.6 Å². The first-order valence-electron chi connectivity index (χ1n) is 7.40. The fraction of sp³-hybridized carbons (Fsp3) is 0.733. The van der Waals surface area contributed by atoms with E-state index in [-0.39, 0.29) is 24.3 Å². The molecule has 1 aromatic rings. The van der Waals surface area contributed by atoms with Gasteiger partial charge in [0.1, 0.15) is 0 Å². The Balaban J connectivity index is 2.13. The molecule has 1 aliphatic heterocycles. The maximum Gasteiger partial charge on any atom is 0.225 e. The number of hydrogen-bond acceptors (Lipinski definition) is 3. The van der Waals surface area contributed by atoms with Gasteiger partial charge in [-0.25, -0.2) is 0 Å². The number of nitrogens with one attached hydrogen (secondary N) is 1. The molecule has 0 bridgehead atoms. The number of amides is 1. The summed E-state index contributed by atoms with van der Waals surface area (Å²) in [5, 5.41) is 17.1. The van der Waals surface area contributed by atoms with E-state index < -0.39 is 6.10 Å². The smallest absolute Gasteiger partial charge is 0.225 e. The van der Waals surface area contributed by atoms with Crippen LogP contribution in [0.4, 0.5) is 0 Å². The molecule has 1 aromatic heterocycles. The van der Waals surface area contributed by atoms with E-state index in [4.69, 9.17) is 0 Å². The molecule has 1 amide bonds. The maximum atomic E-state index is 12.4. The highest BCUT2D eigenvalue weighted by molar-refractivity contribution is 5.77. The van der Waals surface area contributed by atoms with Crippen molar-refractivity contribution in [2.45, 2.75) is 59.1 Å². The molecule has 2 atom stereocenters. The minimum atomic E-state index is -0.560. The average molecular weight is 279 g/mol. The summed E-state index contributed by atoms with van der Waals surface area (Å²) >= 11 is 0. The zero-order valence-corrected chi connectivity index (χ0v) is 12.8. The molecule has 2 rings (SSSR count). The van der Waals surface area contributed by atoms with Gasteiger partial charge in [0, 0.05) is 17.8 Å². The van der Waals surface area contributed by atoms with Gasteiger partial charge in [-0.1, -0.05) is 13.8 Å². The summed E-state index contributed by atoms with van der Waals surface area (Å²) in [5.74, 6) is 0.158. The molecule has 0 radical (unpaired) electrons. The minimum absolute atomic E-state index is 0.0497. The summed E-state index contributed by atoms with van der Waals surface area (Å²) in [4.78, 5) is 14.3. The van der Waals surface area contributed by atoms with Crippen molar-refractivity contribution < 1.29 is 9.90 Å². The van der Waals surface area contributed by atoms with Crippen molar-refractivity contribution >= 4 is 5.91 Å². The van der Waals surface area contributed by atoms with Gasteiger partial charge in [0.25, 0.3) is 0 Å². The van der Waals surface area contributed by atoms with Crippen molar-refractivity contribution in [2.24, 2.45) is 5.92 Å². The van der Waals surface area contributed by atoms with E-state index in [2.05, 4.69) is 10.2 Å². The summed E-state index contributed by atoms with van der Waals surface area (Å²) < 4.78 is 0. The Morgan fingerprint density at radius 1 is 1.50 bits per heavy atom. The van der Waals surface area contributed by atoms with Gasteiger partial charge in [0.15, 0.2) is 0 Å². The van der Waals surface area contributed by atoms with E-state index >= 15 is 0 Å². The molecule has 0 aliphatic carbocycles. The Labute approximate surface area is 120 Å². The van der Waals surface area contributed by atoms with Gasteiger partial charge in [0.2, 0.25) is 5.91 Å². The predicted octanol–water partition coefficient (Wildman–Crippen LogP) is 2.10. The highest BCUT2D eigenvalue weighted by atomic mass is 16.3. The number of aliphatic hydroxyl groups is 1. The fourth-order valence-electron chi connectivity index (χ4n) is 2.95. The largest absolute Gasteiger partial charge is 0.392 e. The number of hydrogen-bond donors (Lipinski definition) is 2. The molecule has 1 fully saturated rings. The number of aliphatic hydroxyl groups excluding tert-OH is 1. The molecule has 0 saturated carbocycles. The van der Waals surface area contributed by atoms with Crippen LogP contribution < -0.4 is 0 Å². The van der Waals surface area contributed by atoms with Crippen molar-refractivity contribution in [1.29, 1.82) is 0 Å². The fourth-order valence-corrected chi connectivity index (χ4v) is 2.95. The number of aromatic nitrogens is 2. The lowest BCUT2D eigenvalue weighted by Crippen LogP contribution is -2.34. The Morgan fingerprint density at radius 3 is 2.75 bits per heavy atom. The van der Waals surface area contributed by atoms with Crippen molar-refractivity contribution in [3.8, 4) is 0 Å². The van der Waals surface area contributed by atoms with Gasteiger partial charge >= 0.3 is 0 Å². The Kier molecular flexibility index (Phi) is 4.48. The van der Waals surface area contributed by atoms with Gasteiger partial charge in [-0.2, -0.15) is 5.10 Å². The number of rotatable bonds is 4. The van der Waals surface area contributed by atoms with Gasteiger partial charge in [-0.05, 0) is 32.6 Å². The van der Waals surface area contributed by atoms with E-state index in [1.54, 1.807) is 0 Å². The van der Waals surface area contributed by atoms with E-state index in [0.717, 1.165) is 36.3 Å². The van der Waals surface area contributed by atoms with Crippen LogP contribution in [0.1, 0.15) is 56.1 Å². The van der Waals surface area contributed by atoms with Crippen LogP contribution in [-0.2, 0) is 4.79 Å².